The summed E-state index contributed by atoms with van der Waals surface area (Å²) in [5, 5.41) is 11.8. The normalized spacial score (nSPS) is 22.3. The number of benzene rings is 1. The number of rotatable bonds is 8. The molecule has 1 aliphatic heterocycles. The first-order valence-electron chi connectivity index (χ1n) is 11.9. The van der Waals surface area contributed by atoms with Gasteiger partial charge in [-0.3, -0.25) is 0 Å². The number of piperidine rings is 1. The van der Waals surface area contributed by atoms with Crippen LogP contribution in [0.1, 0.15) is 64.0 Å². The largest absolute Gasteiger partial charge is 0.490 e. The third-order valence-electron chi connectivity index (χ3n) is 6.26. The van der Waals surface area contributed by atoms with Crippen molar-refractivity contribution in [2.24, 2.45) is 0 Å². The maximum absolute atomic E-state index is 14.2. The van der Waals surface area contributed by atoms with Crippen molar-refractivity contribution in [1.29, 1.82) is 0 Å². The molecule has 168 valence electrons. The Morgan fingerprint density at radius 3 is 2.58 bits per heavy atom. The monoisotopic (exact) mass is 427 g/mol. The maximum Gasteiger partial charge on any atom is 0.234 e. The molecule has 2 fully saturated rings. The molecule has 2 atom stereocenters. The average molecular weight is 428 g/mol. The summed E-state index contributed by atoms with van der Waals surface area (Å²) in [5.41, 5.74) is 3.02. The zero-order valence-electron chi connectivity index (χ0n) is 18.5. The Kier molecular flexibility index (Phi) is 7.73. The second-order valence-electron chi connectivity index (χ2n) is 8.71. The van der Waals surface area contributed by atoms with E-state index in [-0.39, 0.29) is 0 Å². The highest BCUT2D eigenvalue weighted by Gasteiger charge is 2.27. The predicted molar refractivity (Wildman–Crippen MR) is 120 cm³/mol. The highest BCUT2D eigenvalue weighted by Crippen LogP contribution is 2.30. The van der Waals surface area contributed by atoms with Crippen molar-refractivity contribution in [3.05, 3.63) is 36.0 Å². The number of nitrogens with zero attached hydrogens (tertiary/aromatic N) is 2. The summed E-state index contributed by atoms with van der Waals surface area (Å²) in [4.78, 5) is 0. The molecule has 0 spiro atoms. The van der Waals surface area contributed by atoms with Crippen LogP contribution in [-0.4, -0.2) is 41.7 Å². The van der Waals surface area contributed by atoms with Gasteiger partial charge in [0.1, 0.15) is 18.0 Å². The van der Waals surface area contributed by atoms with Crippen molar-refractivity contribution in [2.45, 2.75) is 83.1 Å². The van der Waals surface area contributed by atoms with Crippen molar-refractivity contribution in [3.63, 3.8) is 0 Å². The van der Waals surface area contributed by atoms with Crippen LogP contribution in [0.25, 0.3) is 11.1 Å². The third kappa shape index (κ3) is 5.94. The number of hydrogen-bond donors (Lipinski definition) is 1. The van der Waals surface area contributed by atoms with Gasteiger partial charge < -0.3 is 14.8 Å². The van der Waals surface area contributed by atoms with E-state index in [1.165, 1.54) is 19.3 Å². The number of aryl methyl sites for hydroxylation is 1. The summed E-state index contributed by atoms with van der Waals surface area (Å²) in [6.07, 6.45) is 8.57. The molecule has 0 amide bonds. The molecule has 1 N–H and O–H groups in total. The molecular formula is C25H34FN3O2. The van der Waals surface area contributed by atoms with Crippen LogP contribution in [-0.2, 0) is 6.42 Å². The molecule has 6 heteroatoms. The van der Waals surface area contributed by atoms with Crippen molar-refractivity contribution >= 4 is 0 Å². The van der Waals surface area contributed by atoms with E-state index in [4.69, 9.17) is 9.47 Å². The lowest BCUT2D eigenvalue weighted by Gasteiger charge is -2.27. The van der Waals surface area contributed by atoms with E-state index >= 15 is 0 Å². The Labute approximate surface area is 184 Å². The quantitative estimate of drug-likeness (QED) is 0.621. The number of hydrogen-bond acceptors (Lipinski definition) is 5. The minimum absolute atomic E-state index is 0.321. The third-order valence-corrected chi connectivity index (χ3v) is 6.26. The molecule has 1 aliphatic carbocycles. The number of aromatic nitrogens is 2. The molecular weight excluding hydrogens is 393 g/mol. The highest BCUT2D eigenvalue weighted by molar-refractivity contribution is 5.67. The molecule has 0 unspecified atom stereocenters. The van der Waals surface area contributed by atoms with Crippen molar-refractivity contribution in [1.82, 2.24) is 15.5 Å². The van der Waals surface area contributed by atoms with Gasteiger partial charge in [0.25, 0.3) is 0 Å². The van der Waals surface area contributed by atoms with Crippen LogP contribution in [0.2, 0.25) is 0 Å². The molecule has 0 bridgehead atoms. The number of nitrogens with one attached hydrogen (secondary N) is 1. The molecule has 2 heterocycles. The molecule has 2 aliphatic rings. The van der Waals surface area contributed by atoms with Gasteiger partial charge in [-0.1, -0.05) is 31.9 Å². The molecule has 1 saturated carbocycles. The Balaban J connectivity index is 1.52. The van der Waals surface area contributed by atoms with Crippen LogP contribution in [0.5, 0.6) is 11.6 Å². The minimum Gasteiger partial charge on any atom is -0.490 e. The first-order valence-corrected chi connectivity index (χ1v) is 11.9. The zero-order valence-corrected chi connectivity index (χ0v) is 18.5. The van der Waals surface area contributed by atoms with E-state index < -0.39 is 12.3 Å². The second-order valence-corrected chi connectivity index (χ2v) is 8.71. The summed E-state index contributed by atoms with van der Waals surface area (Å²) < 4.78 is 26.3. The van der Waals surface area contributed by atoms with Gasteiger partial charge in [0.2, 0.25) is 5.88 Å². The van der Waals surface area contributed by atoms with Gasteiger partial charge in [-0.15, -0.1) is 5.10 Å². The number of ether oxygens (including phenoxy) is 2. The van der Waals surface area contributed by atoms with Gasteiger partial charge >= 0.3 is 0 Å². The molecule has 5 nitrogen and oxygen atoms in total. The van der Waals surface area contributed by atoms with E-state index in [1.807, 2.05) is 18.2 Å². The Bertz CT molecular complexity index is 824. The van der Waals surface area contributed by atoms with Gasteiger partial charge in [0.05, 0.1) is 11.8 Å². The Hall–Kier alpha value is -2.21. The van der Waals surface area contributed by atoms with Gasteiger partial charge in [-0.2, -0.15) is 5.10 Å². The van der Waals surface area contributed by atoms with Crippen LogP contribution >= 0.6 is 0 Å². The standard InChI is InChI=1S/C25H34FN3O2/c1-2-3-9-23-21(16-25(29-28-23)31-24-14-15-27-17-22(24)26)18-10-12-20(13-11-18)30-19-7-5-4-6-8-19/h10-13,16,19,22,24,27H,2-9,14-15,17H2,1H3/t22-,24-/m1/s1. The molecule has 1 saturated heterocycles. The first-order chi connectivity index (χ1) is 15.2. The van der Waals surface area contributed by atoms with E-state index in [9.17, 15) is 4.39 Å². The maximum atomic E-state index is 14.2. The summed E-state index contributed by atoms with van der Waals surface area (Å²) >= 11 is 0. The van der Waals surface area contributed by atoms with Crippen LogP contribution in [0.4, 0.5) is 4.39 Å². The topological polar surface area (TPSA) is 56.3 Å². The van der Waals surface area contributed by atoms with Crippen LogP contribution in [0.3, 0.4) is 0 Å². The lowest BCUT2D eigenvalue weighted by Crippen LogP contribution is -2.44. The summed E-state index contributed by atoms with van der Waals surface area (Å²) in [5.74, 6) is 1.31. The van der Waals surface area contributed by atoms with Crippen LogP contribution < -0.4 is 14.8 Å². The van der Waals surface area contributed by atoms with E-state index in [0.29, 0.717) is 24.9 Å². The highest BCUT2D eigenvalue weighted by atomic mass is 19.1. The molecule has 31 heavy (non-hydrogen) atoms. The van der Waals surface area contributed by atoms with E-state index in [2.05, 4.69) is 34.6 Å². The smallest absolute Gasteiger partial charge is 0.234 e. The molecule has 1 aromatic heterocycles. The fraction of sp³-hybridized carbons (Fsp3) is 0.600. The van der Waals surface area contributed by atoms with Gasteiger partial charge in [-0.25, -0.2) is 4.39 Å². The van der Waals surface area contributed by atoms with Crippen molar-refractivity contribution in [3.8, 4) is 22.8 Å². The average Bonchev–Trinajstić information content (AvgIpc) is 2.81. The Morgan fingerprint density at radius 1 is 1.03 bits per heavy atom. The lowest BCUT2D eigenvalue weighted by molar-refractivity contribution is 0.0685. The SMILES string of the molecule is CCCCc1nnc(O[C@@H]2CCNC[C@H]2F)cc1-c1ccc(OC2CCCCC2)cc1. The molecule has 1 aromatic carbocycles. The zero-order chi connectivity index (χ0) is 21.5. The van der Waals surface area contributed by atoms with Gasteiger partial charge in [0.15, 0.2) is 0 Å². The Morgan fingerprint density at radius 2 is 1.84 bits per heavy atom. The second kappa shape index (κ2) is 10.9. The first kappa shape index (κ1) is 22.0. The number of halogens is 1. The van der Waals surface area contributed by atoms with Crippen molar-refractivity contribution in [2.75, 3.05) is 13.1 Å². The minimum atomic E-state index is -1.03. The molecule has 4 rings (SSSR count). The van der Waals surface area contributed by atoms with Gasteiger partial charge in [-0.05, 0) is 69.2 Å². The van der Waals surface area contributed by atoms with E-state index in [0.717, 1.165) is 61.2 Å². The number of alkyl halides is 1. The van der Waals surface area contributed by atoms with E-state index in [1.54, 1.807) is 0 Å². The molecule has 2 aromatic rings. The summed E-state index contributed by atoms with van der Waals surface area (Å²) in [6, 6.07) is 10.2. The molecule has 0 radical (unpaired) electrons. The summed E-state index contributed by atoms with van der Waals surface area (Å²) in [7, 11) is 0. The fourth-order valence-electron chi connectivity index (χ4n) is 4.41. The van der Waals surface area contributed by atoms with Crippen LogP contribution in [0.15, 0.2) is 30.3 Å². The predicted octanol–water partition coefficient (Wildman–Crippen LogP) is 5.28. The van der Waals surface area contributed by atoms with Crippen LogP contribution in [0, 0.1) is 0 Å². The fourth-order valence-corrected chi connectivity index (χ4v) is 4.41. The lowest BCUT2D eigenvalue weighted by atomic mass is 9.97. The van der Waals surface area contributed by atoms with Crippen molar-refractivity contribution < 1.29 is 13.9 Å². The summed E-state index contributed by atoms with van der Waals surface area (Å²) in [6.45, 7) is 3.24. The van der Waals surface area contributed by atoms with Gasteiger partial charge in [0, 0.05) is 18.2 Å². The number of unbranched alkanes of at least 4 members (excludes halogenated alkanes) is 1.